The van der Waals surface area contributed by atoms with Gasteiger partial charge in [-0.3, -0.25) is 9.59 Å². The molecule has 0 aromatic heterocycles. The molecule has 0 aliphatic carbocycles. The van der Waals surface area contributed by atoms with Crippen LogP contribution in [0.1, 0.15) is 37.6 Å². The van der Waals surface area contributed by atoms with Crippen molar-refractivity contribution in [2.45, 2.75) is 32.7 Å². The summed E-state index contributed by atoms with van der Waals surface area (Å²) >= 11 is 0. The molecule has 5 heteroatoms. The molecule has 0 unspecified atom stereocenters. The maximum Gasteiger partial charge on any atom is 0.253 e. The van der Waals surface area contributed by atoms with Crippen LogP contribution in [-0.4, -0.2) is 23.9 Å². The molecule has 0 atom stereocenters. The second-order valence-corrected chi connectivity index (χ2v) is 5.06. The van der Waals surface area contributed by atoms with Crippen LogP contribution in [0.25, 0.3) is 0 Å². The predicted octanol–water partition coefficient (Wildman–Crippen LogP) is 1.50. The number of nitrogens with two attached hydrogens (primary N) is 1. The molecule has 0 radical (unpaired) electrons. The number of carbonyl (C=O) groups excluding carboxylic acids is 2. The van der Waals surface area contributed by atoms with Crippen molar-refractivity contribution < 1.29 is 9.59 Å². The lowest BCUT2D eigenvalue weighted by molar-refractivity contribution is -0.119. The fraction of sp³-hybridized carbons (Fsp3) is 0.429. The largest absolute Gasteiger partial charge is 0.385 e. The maximum atomic E-state index is 12.2. The van der Waals surface area contributed by atoms with Crippen LogP contribution < -0.4 is 16.4 Å². The summed E-state index contributed by atoms with van der Waals surface area (Å²) in [4.78, 5) is 23.2. The van der Waals surface area contributed by atoms with Crippen molar-refractivity contribution in [1.29, 1.82) is 0 Å². The molecule has 0 saturated carbocycles. The van der Waals surface area contributed by atoms with Gasteiger partial charge in [0, 0.05) is 24.2 Å². The highest BCUT2D eigenvalue weighted by atomic mass is 16.2. The SMILES string of the molecule is CCNc1ccccc1C(=O)NC(C)(C)CC(N)=O. The molecule has 2 amide bonds. The smallest absolute Gasteiger partial charge is 0.253 e. The van der Waals surface area contributed by atoms with Crippen molar-refractivity contribution in [3.8, 4) is 0 Å². The van der Waals surface area contributed by atoms with Gasteiger partial charge in [0.15, 0.2) is 0 Å². The highest BCUT2D eigenvalue weighted by Crippen LogP contribution is 2.17. The van der Waals surface area contributed by atoms with Crippen molar-refractivity contribution in [3.05, 3.63) is 29.8 Å². The number of nitrogens with one attached hydrogen (secondary N) is 2. The van der Waals surface area contributed by atoms with Crippen molar-refractivity contribution >= 4 is 17.5 Å². The van der Waals surface area contributed by atoms with Crippen molar-refractivity contribution in [2.75, 3.05) is 11.9 Å². The van der Waals surface area contributed by atoms with E-state index in [0.29, 0.717) is 5.56 Å². The number of benzene rings is 1. The summed E-state index contributed by atoms with van der Waals surface area (Å²) in [7, 11) is 0. The first-order chi connectivity index (χ1) is 8.85. The number of primary amides is 1. The van der Waals surface area contributed by atoms with Crippen molar-refractivity contribution in [3.63, 3.8) is 0 Å². The minimum atomic E-state index is -0.664. The fourth-order valence-corrected chi connectivity index (χ4v) is 1.88. The van der Waals surface area contributed by atoms with Gasteiger partial charge in [0.2, 0.25) is 5.91 Å². The second kappa shape index (κ2) is 6.22. The van der Waals surface area contributed by atoms with Crippen LogP contribution in [0.5, 0.6) is 0 Å². The third-order valence-electron chi connectivity index (χ3n) is 2.61. The molecule has 1 aromatic rings. The Kier molecular flexibility index (Phi) is 4.92. The predicted molar refractivity (Wildman–Crippen MR) is 76.0 cm³/mol. The van der Waals surface area contributed by atoms with Crippen LogP contribution >= 0.6 is 0 Å². The summed E-state index contributed by atoms with van der Waals surface area (Å²) in [6.45, 7) is 6.23. The Bertz CT molecular complexity index is 470. The van der Waals surface area contributed by atoms with Gasteiger partial charge in [-0.15, -0.1) is 0 Å². The highest BCUT2D eigenvalue weighted by Gasteiger charge is 2.24. The summed E-state index contributed by atoms with van der Waals surface area (Å²) in [6.07, 6.45) is 0.0993. The third kappa shape index (κ3) is 4.62. The van der Waals surface area contributed by atoms with Crippen LogP contribution in [0.4, 0.5) is 5.69 Å². The molecule has 0 bridgehead atoms. The summed E-state index contributed by atoms with van der Waals surface area (Å²) in [5.74, 6) is -0.659. The Morgan fingerprint density at radius 2 is 1.89 bits per heavy atom. The lowest BCUT2D eigenvalue weighted by atomic mass is 9.99. The van der Waals surface area contributed by atoms with E-state index in [1.54, 1.807) is 26.0 Å². The van der Waals surface area contributed by atoms with Gasteiger partial charge in [-0.2, -0.15) is 0 Å². The average molecular weight is 263 g/mol. The lowest BCUT2D eigenvalue weighted by Crippen LogP contribution is -2.46. The number of carbonyl (C=O) groups is 2. The van der Waals surface area contributed by atoms with E-state index >= 15 is 0 Å². The topological polar surface area (TPSA) is 84.2 Å². The summed E-state index contributed by atoms with van der Waals surface area (Å²) in [6, 6.07) is 7.26. The standard InChI is InChI=1S/C14H21N3O2/c1-4-16-11-8-6-5-7-10(11)13(19)17-14(2,3)9-12(15)18/h5-8,16H,4,9H2,1-3H3,(H2,15,18)(H,17,19). The van der Waals surface area contributed by atoms with E-state index in [2.05, 4.69) is 10.6 Å². The Hall–Kier alpha value is -2.04. The van der Waals surface area contributed by atoms with E-state index in [4.69, 9.17) is 5.73 Å². The Labute approximate surface area is 113 Å². The molecule has 0 spiro atoms. The number of anilines is 1. The van der Waals surface area contributed by atoms with Gasteiger partial charge in [-0.25, -0.2) is 0 Å². The van der Waals surface area contributed by atoms with Gasteiger partial charge in [0.05, 0.1) is 5.56 Å². The molecule has 5 nitrogen and oxygen atoms in total. The first-order valence-electron chi connectivity index (χ1n) is 6.29. The lowest BCUT2D eigenvalue weighted by Gasteiger charge is -2.25. The third-order valence-corrected chi connectivity index (χ3v) is 2.61. The van der Waals surface area contributed by atoms with E-state index in [9.17, 15) is 9.59 Å². The molecule has 1 rings (SSSR count). The van der Waals surface area contributed by atoms with E-state index in [1.165, 1.54) is 0 Å². The van der Waals surface area contributed by atoms with Gasteiger partial charge in [0.25, 0.3) is 5.91 Å². The van der Waals surface area contributed by atoms with Gasteiger partial charge >= 0.3 is 0 Å². The number of hydrogen-bond acceptors (Lipinski definition) is 3. The molecule has 19 heavy (non-hydrogen) atoms. The zero-order valence-electron chi connectivity index (χ0n) is 11.6. The van der Waals surface area contributed by atoms with Gasteiger partial charge < -0.3 is 16.4 Å². The highest BCUT2D eigenvalue weighted by molar-refractivity contribution is 6.00. The number of hydrogen-bond donors (Lipinski definition) is 3. The molecule has 0 aliphatic rings. The zero-order chi connectivity index (χ0) is 14.5. The molecule has 0 heterocycles. The molecule has 104 valence electrons. The average Bonchev–Trinajstić information content (AvgIpc) is 2.27. The Balaban J connectivity index is 2.86. The van der Waals surface area contributed by atoms with Crippen LogP contribution in [-0.2, 0) is 4.79 Å². The minimum absolute atomic E-state index is 0.0993. The van der Waals surface area contributed by atoms with Crippen molar-refractivity contribution in [1.82, 2.24) is 5.32 Å². The van der Waals surface area contributed by atoms with Gasteiger partial charge in [-0.05, 0) is 32.9 Å². The van der Waals surface area contributed by atoms with Crippen LogP contribution in [0.15, 0.2) is 24.3 Å². The quantitative estimate of drug-likeness (QED) is 0.727. The summed E-state index contributed by atoms with van der Waals surface area (Å²) in [5, 5.41) is 5.95. The monoisotopic (exact) mass is 263 g/mol. The van der Waals surface area contributed by atoms with Gasteiger partial charge in [-0.1, -0.05) is 12.1 Å². The van der Waals surface area contributed by atoms with E-state index in [0.717, 1.165) is 12.2 Å². The number of para-hydroxylation sites is 1. The molecule has 4 N–H and O–H groups in total. The van der Waals surface area contributed by atoms with E-state index < -0.39 is 11.4 Å². The maximum absolute atomic E-state index is 12.2. The summed E-state index contributed by atoms with van der Waals surface area (Å²) in [5.41, 5.74) is 5.84. The Morgan fingerprint density at radius 3 is 2.47 bits per heavy atom. The number of rotatable bonds is 6. The first-order valence-corrected chi connectivity index (χ1v) is 6.29. The molecule has 0 saturated heterocycles. The van der Waals surface area contributed by atoms with Crippen LogP contribution in [0.3, 0.4) is 0 Å². The molecular formula is C14H21N3O2. The van der Waals surface area contributed by atoms with Crippen molar-refractivity contribution in [2.24, 2.45) is 5.73 Å². The summed E-state index contributed by atoms with van der Waals surface area (Å²) < 4.78 is 0. The van der Waals surface area contributed by atoms with Crippen LogP contribution in [0.2, 0.25) is 0 Å². The minimum Gasteiger partial charge on any atom is -0.385 e. The number of amides is 2. The van der Waals surface area contributed by atoms with E-state index in [1.807, 2.05) is 19.1 Å². The molecular weight excluding hydrogens is 242 g/mol. The zero-order valence-corrected chi connectivity index (χ0v) is 11.6. The van der Waals surface area contributed by atoms with Crippen LogP contribution in [0, 0.1) is 0 Å². The Morgan fingerprint density at radius 1 is 1.26 bits per heavy atom. The fourth-order valence-electron chi connectivity index (χ4n) is 1.88. The first kappa shape index (κ1) is 15.0. The van der Waals surface area contributed by atoms with E-state index in [-0.39, 0.29) is 12.3 Å². The normalized spacial score (nSPS) is 10.9. The molecule has 0 fully saturated rings. The molecule has 0 aliphatic heterocycles. The van der Waals surface area contributed by atoms with Gasteiger partial charge in [0.1, 0.15) is 0 Å². The molecule has 1 aromatic carbocycles. The second-order valence-electron chi connectivity index (χ2n) is 5.06.